The highest BCUT2D eigenvalue weighted by Gasteiger charge is 2.46. The molecule has 0 radical (unpaired) electrons. The minimum absolute atomic E-state index is 0.572. The number of hydrogen-bond acceptors (Lipinski definition) is 2. The van der Waals surface area contributed by atoms with Crippen LogP contribution >= 0.6 is 15.9 Å². The molecule has 0 amide bonds. The van der Waals surface area contributed by atoms with Crippen LogP contribution in [0.4, 0.5) is 0 Å². The fraction of sp³-hybridized carbons (Fsp3) is 0.111. The van der Waals surface area contributed by atoms with E-state index in [1.165, 1.54) is 27.8 Å². The van der Waals surface area contributed by atoms with Crippen molar-refractivity contribution < 1.29 is 4.84 Å². The molecule has 0 spiro atoms. The first-order valence-corrected chi connectivity index (χ1v) is 11.2. The smallest absolute Gasteiger partial charge is 0.152 e. The van der Waals surface area contributed by atoms with Gasteiger partial charge in [-0.25, -0.2) is 0 Å². The zero-order chi connectivity index (χ0) is 20.4. The second kappa shape index (κ2) is 8.10. The van der Waals surface area contributed by atoms with Crippen LogP contribution in [-0.2, 0) is 17.4 Å². The lowest BCUT2D eigenvalue weighted by Gasteiger charge is -2.41. The molecule has 4 aromatic carbocycles. The molecule has 0 atom stereocenters. The van der Waals surface area contributed by atoms with Crippen molar-refractivity contribution in [1.82, 2.24) is 5.06 Å². The summed E-state index contributed by atoms with van der Waals surface area (Å²) in [4.78, 5) is 6.59. The molecule has 0 fully saturated rings. The predicted octanol–water partition coefficient (Wildman–Crippen LogP) is 6.68. The minimum Gasteiger partial charge on any atom is -0.404 e. The van der Waals surface area contributed by atoms with Crippen molar-refractivity contribution >= 4 is 15.9 Å². The van der Waals surface area contributed by atoms with Gasteiger partial charge in [-0.15, -0.1) is 5.06 Å². The van der Waals surface area contributed by atoms with Crippen molar-refractivity contribution in [3.8, 4) is 5.75 Å². The predicted molar refractivity (Wildman–Crippen MR) is 124 cm³/mol. The number of nitrogens with zero attached hydrogens (tertiary/aromatic N) is 1. The molecule has 2 nitrogen and oxygen atoms in total. The van der Waals surface area contributed by atoms with Gasteiger partial charge in [0.05, 0.1) is 6.54 Å². The van der Waals surface area contributed by atoms with E-state index < -0.39 is 5.54 Å². The zero-order valence-corrected chi connectivity index (χ0v) is 18.1. The molecule has 0 aliphatic carbocycles. The van der Waals surface area contributed by atoms with E-state index in [1.54, 1.807) is 0 Å². The molecular formula is C27H22BrNO. The van der Waals surface area contributed by atoms with Crippen molar-refractivity contribution in [2.75, 3.05) is 0 Å². The molecule has 0 saturated heterocycles. The number of fused-ring (bicyclic) bond motifs is 1. The van der Waals surface area contributed by atoms with E-state index >= 15 is 0 Å². The van der Waals surface area contributed by atoms with Gasteiger partial charge in [0.15, 0.2) is 5.75 Å². The number of benzene rings is 4. The SMILES string of the molecule is BrCc1ccc2c(c1)ON(C(c1ccccc1)(c1ccccc1)c1ccccc1)C2. The summed E-state index contributed by atoms with van der Waals surface area (Å²) >= 11 is 3.56. The molecule has 1 aliphatic rings. The zero-order valence-electron chi connectivity index (χ0n) is 16.5. The summed E-state index contributed by atoms with van der Waals surface area (Å²) in [6, 6.07) is 38.4. The largest absolute Gasteiger partial charge is 0.404 e. The van der Waals surface area contributed by atoms with Crippen molar-refractivity contribution in [1.29, 1.82) is 0 Å². The normalized spacial score (nSPS) is 13.6. The first-order chi connectivity index (χ1) is 14.8. The second-order valence-electron chi connectivity index (χ2n) is 7.51. The maximum Gasteiger partial charge on any atom is 0.152 e. The van der Waals surface area contributed by atoms with Crippen LogP contribution in [-0.4, -0.2) is 5.06 Å². The van der Waals surface area contributed by atoms with Gasteiger partial charge < -0.3 is 4.84 Å². The van der Waals surface area contributed by atoms with Gasteiger partial charge in [0.1, 0.15) is 5.54 Å². The van der Waals surface area contributed by atoms with Gasteiger partial charge in [0.25, 0.3) is 0 Å². The van der Waals surface area contributed by atoms with Crippen molar-refractivity contribution in [3.05, 3.63) is 137 Å². The van der Waals surface area contributed by atoms with Crippen LogP contribution in [0.2, 0.25) is 0 Å². The Kier molecular flexibility index (Phi) is 5.16. The van der Waals surface area contributed by atoms with Crippen LogP contribution in [0.1, 0.15) is 27.8 Å². The van der Waals surface area contributed by atoms with E-state index in [9.17, 15) is 0 Å². The molecule has 4 aromatic rings. The fourth-order valence-electron chi connectivity index (χ4n) is 4.36. The summed E-state index contributed by atoms with van der Waals surface area (Å²) < 4.78 is 0. The van der Waals surface area contributed by atoms with E-state index in [1.807, 2.05) is 0 Å². The summed E-state index contributed by atoms with van der Waals surface area (Å²) in [6.45, 7) is 0.705. The van der Waals surface area contributed by atoms with Crippen LogP contribution in [0.15, 0.2) is 109 Å². The average molecular weight is 456 g/mol. The van der Waals surface area contributed by atoms with Crippen LogP contribution in [0.3, 0.4) is 0 Å². The molecule has 0 N–H and O–H groups in total. The van der Waals surface area contributed by atoms with Gasteiger partial charge in [-0.05, 0) is 28.3 Å². The van der Waals surface area contributed by atoms with E-state index in [2.05, 4.69) is 130 Å². The second-order valence-corrected chi connectivity index (χ2v) is 8.07. The van der Waals surface area contributed by atoms with E-state index in [-0.39, 0.29) is 0 Å². The molecule has 0 aromatic heterocycles. The molecular weight excluding hydrogens is 434 g/mol. The van der Waals surface area contributed by atoms with E-state index in [4.69, 9.17) is 4.84 Å². The Morgan fingerprint density at radius 1 is 0.700 bits per heavy atom. The Labute approximate surface area is 185 Å². The van der Waals surface area contributed by atoms with E-state index in [0.717, 1.165) is 11.1 Å². The van der Waals surface area contributed by atoms with E-state index in [0.29, 0.717) is 6.54 Å². The molecule has 0 bridgehead atoms. The molecule has 148 valence electrons. The summed E-state index contributed by atoms with van der Waals surface area (Å²) in [6.07, 6.45) is 0. The third-order valence-electron chi connectivity index (χ3n) is 5.76. The average Bonchev–Trinajstić information content (AvgIpc) is 3.25. The number of rotatable bonds is 5. The molecule has 30 heavy (non-hydrogen) atoms. The number of hydroxylamine groups is 2. The maximum absolute atomic E-state index is 6.59. The van der Waals surface area contributed by atoms with Crippen LogP contribution in [0, 0.1) is 0 Å². The highest BCUT2D eigenvalue weighted by molar-refractivity contribution is 9.08. The highest BCUT2D eigenvalue weighted by atomic mass is 79.9. The summed E-state index contributed by atoms with van der Waals surface area (Å²) in [7, 11) is 0. The fourth-order valence-corrected chi connectivity index (χ4v) is 4.71. The van der Waals surface area contributed by atoms with Crippen LogP contribution < -0.4 is 4.84 Å². The van der Waals surface area contributed by atoms with Crippen LogP contribution in [0.25, 0.3) is 0 Å². The Balaban J connectivity index is 1.75. The lowest BCUT2D eigenvalue weighted by atomic mass is 9.76. The Morgan fingerprint density at radius 2 is 1.20 bits per heavy atom. The van der Waals surface area contributed by atoms with Gasteiger partial charge in [-0.2, -0.15) is 0 Å². The van der Waals surface area contributed by atoms with Gasteiger partial charge >= 0.3 is 0 Å². The van der Waals surface area contributed by atoms with Crippen molar-refractivity contribution in [3.63, 3.8) is 0 Å². The van der Waals surface area contributed by atoms with Crippen molar-refractivity contribution in [2.24, 2.45) is 0 Å². The monoisotopic (exact) mass is 455 g/mol. The van der Waals surface area contributed by atoms with Crippen molar-refractivity contribution in [2.45, 2.75) is 17.4 Å². The van der Waals surface area contributed by atoms with Crippen LogP contribution in [0.5, 0.6) is 5.75 Å². The van der Waals surface area contributed by atoms with Gasteiger partial charge in [-0.1, -0.05) is 119 Å². The van der Waals surface area contributed by atoms with Gasteiger partial charge in [0, 0.05) is 10.9 Å². The number of hydrogen-bond donors (Lipinski definition) is 0. The molecule has 1 heterocycles. The Morgan fingerprint density at radius 3 is 1.67 bits per heavy atom. The minimum atomic E-state index is -0.572. The lowest BCUT2D eigenvalue weighted by molar-refractivity contribution is -0.106. The number of alkyl halides is 1. The van der Waals surface area contributed by atoms with Gasteiger partial charge in [-0.3, -0.25) is 0 Å². The molecule has 0 unspecified atom stereocenters. The molecule has 1 aliphatic heterocycles. The quantitative estimate of drug-likeness (QED) is 0.245. The Bertz CT molecular complexity index is 1030. The summed E-state index contributed by atoms with van der Waals surface area (Å²) in [5.74, 6) is 0.930. The molecule has 0 saturated carbocycles. The van der Waals surface area contributed by atoms with Gasteiger partial charge in [0.2, 0.25) is 0 Å². The third-order valence-corrected chi connectivity index (χ3v) is 6.40. The highest BCUT2D eigenvalue weighted by Crippen LogP contribution is 2.46. The summed E-state index contributed by atoms with van der Waals surface area (Å²) in [5.41, 5.74) is 5.37. The first kappa shape index (κ1) is 19.1. The lowest BCUT2D eigenvalue weighted by Crippen LogP contribution is -2.47. The number of halogens is 1. The standard InChI is InChI=1S/C27H22BrNO/c28-19-21-16-17-22-20-29(30-26(22)18-21)27(23-10-4-1-5-11-23,24-12-6-2-7-13-24)25-14-8-3-9-15-25/h1-18H,19-20H2. The Hall–Kier alpha value is -2.88. The topological polar surface area (TPSA) is 12.5 Å². The first-order valence-electron chi connectivity index (χ1n) is 10.1. The maximum atomic E-state index is 6.59. The molecule has 5 rings (SSSR count). The summed E-state index contributed by atoms with van der Waals surface area (Å²) in [5, 5.41) is 2.94. The third kappa shape index (κ3) is 3.15. The molecule has 3 heteroatoms.